The topological polar surface area (TPSA) is 72.5 Å². The van der Waals surface area contributed by atoms with Crippen LogP contribution in [0.25, 0.3) is 0 Å². The highest BCUT2D eigenvalue weighted by molar-refractivity contribution is 5.77. The first-order chi connectivity index (χ1) is 8.42. The van der Waals surface area contributed by atoms with E-state index in [4.69, 9.17) is 15.6 Å². The number of methoxy groups -OCH3 is 1. The van der Waals surface area contributed by atoms with E-state index in [-0.39, 0.29) is 17.9 Å². The Morgan fingerprint density at radius 3 is 2.50 bits per heavy atom. The van der Waals surface area contributed by atoms with Gasteiger partial charge in [0.2, 0.25) is 0 Å². The van der Waals surface area contributed by atoms with Gasteiger partial charge in [-0.3, -0.25) is 4.79 Å². The lowest BCUT2D eigenvalue weighted by molar-refractivity contribution is -0.138. The van der Waals surface area contributed by atoms with E-state index in [1.807, 2.05) is 0 Å². The number of carbonyl (C=O) groups is 1. The van der Waals surface area contributed by atoms with Crippen molar-refractivity contribution in [3.05, 3.63) is 29.1 Å². The van der Waals surface area contributed by atoms with Crippen molar-refractivity contribution < 1.29 is 27.8 Å². The first-order valence-corrected chi connectivity index (χ1v) is 5.00. The molecule has 0 amide bonds. The Morgan fingerprint density at radius 2 is 2.11 bits per heavy atom. The SMILES string of the molecule is COc1c(F)cc(C(F)F)cc1C(CN)C(=O)O. The van der Waals surface area contributed by atoms with Crippen molar-refractivity contribution in [2.75, 3.05) is 13.7 Å². The average molecular weight is 263 g/mol. The number of alkyl halides is 2. The van der Waals surface area contributed by atoms with Crippen LogP contribution in [-0.2, 0) is 4.79 Å². The van der Waals surface area contributed by atoms with Gasteiger partial charge < -0.3 is 15.6 Å². The molecule has 1 unspecified atom stereocenters. The molecule has 1 aromatic carbocycles. The summed E-state index contributed by atoms with van der Waals surface area (Å²) in [5.41, 5.74) is 4.46. The summed E-state index contributed by atoms with van der Waals surface area (Å²) >= 11 is 0. The van der Waals surface area contributed by atoms with Crippen LogP contribution in [0.15, 0.2) is 12.1 Å². The van der Waals surface area contributed by atoms with E-state index in [1.165, 1.54) is 0 Å². The monoisotopic (exact) mass is 263 g/mol. The molecule has 0 aliphatic heterocycles. The minimum absolute atomic E-state index is 0.192. The molecule has 0 aliphatic carbocycles. The quantitative estimate of drug-likeness (QED) is 0.851. The van der Waals surface area contributed by atoms with Crippen LogP contribution in [-0.4, -0.2) is 24.7 Å². The smallest absolute Gasteiger partial charge is 0.312 e. The summed E-state index contributed by atoms with van der Waals surface area (Å²) in [5, 5.41) is 8.92. The molecule has 1 rings (SSSR count). The number of carboxylic acid groups (broad SMARTS) is 1. The molecule has 4 nitrogen and oxygen atoms in total. The van der Waals surface area contributed by atoms with Crippen LogP contribution < -0.4 is 10.5 Å². The molecule has 1 atom stereocenters. The maximum atomic E-state index is 13.5. The van der Waals surface area contributed by atoms with Crippen molar-refractivity contribution in [2.45, 2.75) is 12.3 Å². The Balaban J connectivity index is 3.42. The molecule has 100 valence electrons. The Kier molecular flexibility index (Phi) is 4.55. The molecule has 3 N–H and O–H groups in total. The predicted octanol–water partition coefficient (Wildman–Crippen LogP) is 1.90. The lowest BCUT2D eigenvalue weighted by Gasteiger charge is -2.16. The van der Waals surface area contributed by atoms with Crippen molar-refractivity contribution in [3.63, 3.8) is 0 Å². The Bertz CT molecular complexity index is 451. The van der Waals surface area contributed by atoms with Crippen molar-refractivity contribution in [1.29, 1.82) is 0 Å². The zero-order valence-corrected chi connectivity index (χ0v) is 9.49. The van der Waals surface area contributed by atoms with Crippen LogP contribution in [0.5, 0.6) is 5.75 Å². The van der Waals surface area contributed by atoms with E-state index in [2.05, 4.69) is 0 Å². The highest BCUT2D eigenvalue weighted by Crippen LogP contribution is 2.33. The Hall–Kier alpha value is -1.76. The van der Waals surface area contributed by atoms with Crippen LogP contribution >= 0.6 is 0 Å². The molecule has 0 saturated heterocycles. The third-order valence-corrected chi connectivity index (χ3v) is 2.46. The van der Waals surface area contributed by atoms with Gasteiger partial charge in [-0.25, -0.2) is 13.2 Å². The number of halogens is 3. The van der Waals surface area contributed by atoms with Gasteiger partial charge in [0.1, 0.15) is 0 Å². The van der Waals surface area contributed by atoms with Crippen molar-refractivity contribution >= 4 is 5.97 Å². The van der Waals surface area contributed by atoms with Gasteiger partial charge in [0, 0.05) is 17.7 Å². The number of hydrogen-bond acceptors (Lipinski definition) is 3. The summed E-state index contributed by atoms with van der Waals surface area (Å²) in [6.07, 6.45) is -2.91. The number of aliphatic carboxylic acids is 1. The Labute approximate surface area is 101 Å². The van der Waals surface area contributed by atoms with Gasteiger partial charge >= 0.3 is 5.97 Å². The van der Waals surface area contributed by atoms with Gasteiger partial charge in [-0.1, -0.05) is 0 Å². The van der Waals surface area contributed by atoms with Gasteiger partial charge in [-0.15, -0.1) is 0 Å². The molecule has 7 heteroatoms. The first kappa shape index (κ1) is 14.3. The molecule has 0 fully saturated rings. The lowest BCUT2D eigenvalue weighted by Crippen LogP contribution is -2.22. The first-order valence-electron chi connectivity index (χ1n) is 5.00. The number of rotatable bonds is 5. The van der Waals surface area contributed by atoms with Crippen molar-refractivity contribution in [2.24, 2.45) is 5.73 Å². The fourth-order valence-electron chi connectivity index (χ4n) is 1.60. The molecular formula is C11H12F3NO3. The van der Waals surface area contributed by atoms with Gasteiger partial charge in [-0.05, 0) is 12.1 Å². The molecule has 0 aliphatic rings. The van der Waals surface area contributed by atoms with E-state index >= 15 is 0 Å². The maximum absolute atomic E-state index is 13.5. The second-order valence-corrected chi connectivity index (χ2v) is 3.55. The second kappa shape index (κ2) is 5.72. The highest BCUT2D eigenvalue weighted by atomic mass is 19.3. The molecule has 0 radical (unpaired) electrons. The zero-order valence-electron chi connectivity index (χ0n) is 9.49. The molecule has 0 heterocycles. The third kappa shape index (κ3) is 2.73. The standard InChI is InChI=1S/C11H12F3NO3/c1-18-9-6(7(4-15)11(16)17)2-5(10(13)14)3-8(9)12/h2-3,7,10H,4,15H2,1H3,(H,16,17). The predicted molar refractivity (Wildman–Crippen MR) is 57.3 cm³/mol. The van der Waals surface area contributed by atoms with E-state index in [0.29, 0.717) is 6.07 Å². The zero-order chi connectivity index (χ0) is 13.9. The minimum Gasteiger partial charge on any atom is -0.493 e. The van der Waals surface area contributed by atoms with E-state index in [9.17, 15) is 18.0 Å². The number of benzene rings is 1. The van der Waals surface area contributed by atoms with Crippen LogP contribution in [0.2, 0.25) is 0 Å². The fraction of sp³-hybridized carbons (Fsp3) is 0.364. The maximum Gasteiger partial charge on any atom is 0.312 e. The van der Waals surface area contributed by atoms with Crippen LogP contribution in [0.3, 0.4) is 0 Å². The van der Waals surface area contributed by atoms with Crippen LogP contribution in [0.4, 0.5) is 13.2 Å². The number of carboxylic acids is 1. The lowest BCUT2D eigenvalue weighted by atomic mass is 9.96. The summed E-state index contributed by atoms with van der Waals surface area (Å²) in [5.74, 6) is -4.04. The number of nitrogens with two attached hydrogens (primary N) is 1. The molecule has 18 heavy (non-hydrogen) atoms. The molecule has 1 aromatic rings. The second-order valence-electron chi connectivity index (χ2n) is 3.55. The molecular weight excluding hydrogens is 251 g/mol. The average Bonchev–Trinajstić information content (AvgIpc) is 2.28. The summed E-state index contributed by atoms with van der Waals surface area (Å²) in [6, 6.07) is 1.51. The van der Waals surface area contributed by atoms with Crippen LogP contribution in [0, 0.1) is 5.82 Å². The molecule has 0 bridgehead atoms. The highest BCUT2D eigenvalue weighted by Gasteiger charge is 2.26. The normalized spacial score (nSPS) is 12.6. The van der Waals surface area contributed by atoms with Gasteiger partial charge in [0.05, 0.1) is 13.0 Å². The molecule has 0 aromatic heterocycles. The van der Waals surface area contributed by atoms with Crippen molar-refractivity contribution in [3.8, 4) is 5.75 Å². The summed E-state index contributed by atoms with van der Waals surface area (Å²) in [4.78, 5) is 10.9. The Morgan fingerprint density at radius 1 is 1.50 bits per heavy atom. The van der Waals surface area contributed by atoms with Crippen molar-refractivity contribution in [1.82, 2.24) is 0 Å². The third-order valence-electron chi connectivity index (χ3n) is 2.46. The van der Waals surface area contributed by atoms with E-state index in [1.54, 1.807) is 0 Å². The largest absolute Gasteiger partial charge is 0.493 e. The summed E-state index contributed by atoms with van der Waals surface area (Å²) < 4.78 is 43.3. The number of ether oxygens (including phenoxy) is 1. The van der Waals surface area contributed by atoms with E-state index < -0.39 is 29.7 Å². The molecule has 0 spiro atoms. The van der Waals surface area contributed by atoms with E-state index in [0.717, 1.165) is 13.2 Å². The van der Waals surface area contributed by atoms with Gasteiger partial charge in [0.25, 0.3) is 6.43 Å². The summed E-state index contributed by atoms with van der Waals surface area (Å²) in [7, 11) is 1.12. The van der Waals surface area contributed by atoms with Gasteiger partial charge in [0.15, 0.2) is 11.6 Å². The molecule has 0 saturated carbocycles. The number of hydrogen-bond donors (Lipinski definition) is 2. The van der Waals surface area contributed by atoms with Gasteiger partial charge in [-0.2, -0.15) is 0 Å². The summed E-state index contributed by atoms with van der Waals surface area (Å²) in [6.45, 7) is -0.349. The van der Waals surface area contributed by atoms with Crippen LogP contribution in [0.1, 0.15) is 23.5 Å². The fourth-order valence-corrected chi connectivity index (χ4v) is 1.60. The minimum atomic E-state index is -2.91.